The zero-order valence-corrected chi connectivity index (χ0v) is 13.3. The SMILES string of the molecule is N#Cc1cn(C(=O)c2cccc3c(Cl)cccc23)c2ccccc12. The van der Waals surface area contributed by atoms with Gasteiger partial charge in [-0.05, 0) is 23.6 Å². The molecule has 0 fully saturated rings. The van der Waals surface area contributed by atoms with Crippen molar-refractivity contribution in [2.24, 2.45) is 0 Å². The van der Waals surface area contributed by atoms with Crippen molar-refractivity contribution in [2.75, 3.05) is 0 Å². The lowest BCUT2D eigenvalue weighted by Gasteiger charge is -2.08. The molecule has 0 amide bonds. The number of nitriles is 1. The molecule has 0 unspecified atom stereocenters. The van der Waals surface area contributed by atoms with Crippen molar-refractivity contribution >= 4 is 39.2 Å². The molecular formula is C20H11ClN2O. The lowest BCUT2D eigenvalue weighted by atomic mass is 10.0. The number of aromatic nitrogens is 1. The molecule has 3 aromatic carbocycles. The van der Waals surface area contributed by atoms with Crippen molar-refractivity contribution < 1.29 is 4.79 Å². The van der Waals surface area contributed by atoms with Gasteiger partial charge in [0, 0.05) is 27.6 Å². The number of nitrogens with zero attached hydrogens (tertiary/aromatic N) is 2. The minimum atomic E-state index is -0.180. The van der Waals surface area contributed by atoms with Gasteiger partial charge in [0.2, 0.25) is 0 Å². The van der Waals surface area contributed by atoms with Crippen LogP contribution in [0.15, 0.2) is 66.9 Å². The molecular weight excluding hydrogens is 320 g/mol. The molecule has 0 aliphatic rings. The molecule has 0 N–H and O–H groups in total. The van der Waals surface area contributed by atoms with Crippen LogP contribution in [-0.4, -0.2) is 10.5 Å². The molecule has 0 aliphatic carbocycles. The molecule has 0 saturated carbocycles. The fourth-order valence-electron chi connectivity index (χ4n) is 3.02. The van der Waals surface area contributed by atoms with E-state index in [0.29, 0.717) is 16.1 Å². The van der Waals surface area contributed by atoms with E-state index in [2.05, 4.69) is 6.07 Å². The Balaban J connectivity index is 1.99. The Morgan fingerprint density at radius 1 is 0.917 bits per heavy atom. The molecule has 24 heavy (non-hydrogen) atoms. The number of hydrogen-bond donors (Lipinski definition) is 0. The second-order valence-corrected chi connectivity index (χ2v) is 5.89. The molecule has 0 aliphatic heterocycles. The monoisotopic (exact) mass is 330 g/mol. The van der Waals surface area contributed by atoms with Crippen LogP contribution in [0.1, 0.15) is 15.9 Å². The standard InChI is InChI=1S/C20H11ClN2O/c21-18-9-4-6-15-16(18)7-3-8-17(15)20(24)23-12-13(11-22)14-5-1-2-10-19(14)23/h1-10,12H. The van der Waals surface area contributed by atoms with Crippen molar-refractivity contribution in [1.29, 1.82) is 5.26 Å². The van der Waals surface area contributed by atoms with E-state index in [0.717, 1.165) is 21.7 Å². The second kappa shape index (κ2) is 5.52. The highest BCUT2D eigenvalue weighted by atomic mass is 35.5. The summed E-state index contributed by atoms with van der Waals surface area (Å²) >= 11 is 6.24. The van der Waals surface area contributed by atoms with Gasteiger partial charge in [-0.3, -0.25) is 9.36 Å². The number of carbonyl (C=O) groups is 1. The molecule has 1 aromatic heterocycles. The molecule has 0 radical (unpaired) electrons. The molecule has 0 atom stereocenters. The second-order valence-electron chi connectivity index (χ2n) is 5.49. The van der Waals surface area contributed by atoms with Crippen molar-refractivity contribution in [2.45, 2.75) is 0 Å². The predicted octanol–water partition coefficient (Wildman–Crippen LogP) is 5.01. The summed E-state index contributed by atoms with van der Waals surface area (Å²) in [6.07, 6.45) is 1.59. The van der Waals surface area contributed by atoms with Gasteiger partial charge >= 0.3 is 0 Å². The summed E-state index contributed by atoms with van der Waals surface area (Å²) in [5.74, 6) is -0.180. The van der Waals surface area contributed by atoms with E-state index in [9.17, 15) is 10.1 Å². The Hall–Kier alpha value is -3.09. The average molecular weight is 331 g/mol. The van der Waals surface area contributed by atoms with E-state index in [4.69, 9.17) is 11.6 Å². The fourth-order valence-corrected chi connectivity index (χ4v) is 3.26. The van der Waals surface area contributed by atoms with Crippen molar-refractivity contribution in [3.8, 4) is 6.07 Å². The number of benzene rings is 3. The fraction of sp³-hybridized carbons (Fsp3) is 0. The third kappa shape index (κ3) is 2.09. The lowest BCUT2D eigenvalue weighted by molar-refractivity contribution is 0.0966. The number of para-hydroxylation sites is 1. The molecule has 4 heteroatoms. The Morgan fingerprint density at radius 3 is 2.46 bits per heavy atom. The van der Waals surface area contributed by atoms with Gasteiger partial charge in [-0.25, -0.2) is 0 Å². The highest BCUT2D eigenvalue weighted by molar-refractivity contribution is 6.36. The van der Waals surface area contributed by atoms with Crippen LogP contribution in [0.2, 0.25) is 5.02 Å². The minimum absolute atomic E-state index is 0.180. The molecule has 1 heterocycles. The third-order valence-corrected chi connectivity index (χ3v) is 4.48. The first-order valence-electron chi connectivity index (χ1n) is 7.43. The first-order chi connectivity index (χ1) is 11.7. The first kappa shape index (κ1) is 14.5. The van der Waals surface area contributed by atoms with Crippen LogP contribution in [0.3, 0.4) is 0 Å². The zero-order valence-electron chi connectivity index (χ0n) is 12.5. The quantitative estimate of drug-likeness (QED) is 0.492. The van der Waals surface area contributed by atoms with E-state index >= 15 is 0 Å². The van der Waals surface area contributed by atoms with Crippen molar-refractivity contribution in [3.05, 3.63) is 83.0 Å². The third-order valence-electron chi connectivity index (χ3n) is 4.15. The lowest BCUT2D eigenvalue weighted by Crippen LogP contribution is -2.11. The average Bonchev–Trinajstić information content (AvgIpc) is 3.00. The van der Waals surface area contributed by atoms with Crippen LogP contribution in [0, 0.1) is 11.3 Å². The summed E-state index contributed by atoms with van der Waals surface area (Å²) < 4.78 is 1.53. The molecule has 3 nitrogen and oxygen atoms in total. The van der Waals surface area contributed by atoms with E-state index < -0.39 is 0 Å². The number of carbonyl (C=O) groups excluding carboxylic acids is 1. The van der Waals surface area contributed by atoms with Crippen LogP contribution in [0.5, 0.6) is 0 Å². The van der Waals surface area contributed by atoms with Gasteiger partial charge in [0.1, 0.15) is 6.07 Å². The molecule has 114 valence electrons. The summed E-state index contributed by atoms with van der Waals surface area (Å²) in [6.45, 7) is 0. The largest absolute Gasteiger partial charge is 0.282 e. The Morgan fingerprint density at radius 2 is 1.62 bits per heavy atom. The van der Waals surface area contributed by atoms with Gasteiger partial charge < -0.3 is 0 Å². The van der Waals surface area contributed by atoms with E-state index in [1.807, 2.05) is 48.5 Å². The van der Waals surface area contributed by atoms with Crippen LogP contribution in [-0.2, 0) is 0 Å². The van der Waals surface area contributed by atoms with Crippen molar-refractivity contribution in [1.82, 2.24) is 4.57 Å². The predicted molar refractivity (Wildman–Crippen MR) is 95.3 cm³/mol. The van der Waals surface area contributed by atoms with E-state index in [-0.39, 0.29) is 5.91 Å². The Kier molecular flexibility index (Phi) is 3.34. The van der Waals surface area contributed by atoms with Gasteiger partial charge in [-0.15, -0.1) is 0 Å². The van der Waals surface area contributed by atoms with Gasteiger partial charge in [0.25, 0.3) is 5.91 Å². The Labute approximate surface area is 143 Å². The minimum Gasteiger partial charge on any atom is -0.282 e. The highest BCUT2D eigenvalue weighted by Gasteiger charge is 2.17. The molecule has 0 saturated heterocycles. The number of rotatable bonds is 1. The summed E-state index contributed by atoms with van der Waals surface area (Å²) in [6, 6.07) is 20.5. The van der Waals surface area contributed by atoms with Gasteiger partial charge in [0.05, 0.1) is 11.1 Å². The number of hydrogen-bond acceptors (Lipinski definition) is 2. The number of halogens is 1. The summed E-state index contributed by atoms with van der Waals surface area (Å²) in [7, 11) is 0. The van der Waals surface area contributed by atoms with Crippen molar-refractivity contribution in [3.63, 3.8) is 0 Å². The van der Waals surface area contributed by atoms with Gasteiger partial charge in [-0.1, -0.05) is 54.1 Å². The maximum atomic E-state index is 13.1. The summed E-state index contributed by atoms with van der Waals surface area (Å²) in [5, 5.41) is 12.3. The van der Waals surface area contributed by atoms with Crippen LogP contribution >= 0.6 is 11.6 Å². The van der Waals surface area contributed by atoms with Crippen LogP contribution in [0.25, 0.3) is 21.7 Å². The van der Waals surface area contributed by atoms with Crippen LogP contribution < -0.4 is 0 Å². The van der Waals surface area contributed by atoms with E-state index in [1.165, 1.54) is 4.57 Å². The van der Waals surface area contributed by atoms with E-state index in [1.54, 1.807) is 18.3 Å². The Bertz CT molecular complexity index is 1150. The molecule has 0 bridgehead atoms. The smallest absolute Gasteiger partial charge is 0.263 e. The topological polar surface area (TPSA) is 45.8 Å². The first-order valence-corrected chi connectivity index (χ1v) is 7.80. The molecule has 0 spiro atoms. The number of fused-ring (bicyclic) bond motifs is 2. The molecule has 4 rings (SSSR count). The molecule has 4 aromatic rings. The summed E-state index contributed by atoms with van der Waals surface area (Å²) in [4.78, 5) is 13.1. The van der Waals surface area contributed by atoms with Crippen LogP contribution in [0.4, 0.5) is 0 Å². The normalized spacial score (nSPS) is 10.8. The summed E-state index contributed by atoms with van der Waals surface area (Å²) in [5.41, 5.74) is 1.76. The zero-order chi connectivity index (χ0) is 16.7. The highest BCUT2D eigenvalue weighted by Crippen LogP contribution is 2.28. The van der Waals surface area contributed by atoms with Gasteiger partial charge in [-0.2, -0.15) is 5.26 Å². The van der Waals surface area contributed by atoms with Gasteiger partial charge in [0.15, 0.2) is 0 Å². The maximum absolute atomic E-state index is 13.1. The maximum Gasteiger partial charge on any atom is 0.263 e.